The average Bonchev–Trinajstić information content (AvgIpc) is 1.83. The Morgan fingerprint density at radius 1 is 1.62 bits per heavy atom. The maximum atomic E-state index is 3.38. The van der Waals surface area contributed by atoms with E-state index in [1.807, 2.05) is 0 Å². The molecule has 1 heteroatoms. The highest BCUT2D eigenvalue weighted by molar-refractivity contribution is 9.09. The van der Waals surface area contributed by atoms with Gasteiger partial charge in [-0.2, -0.15) is 0 Å². The highest BCUT2D eigenvalue weighted by Crippen LogP contribution is 2.00. The summed E-state index contributed by atoms with van der Waals surface area (Å²) in [7, 11) is 0. The second-order valence-corrected chi connectivity index (χ2v) is 2.53. The van der Waals surface area contributed by atoms with Crippen LogP contribution in [0, 0.1) is 0 Å². The molecule has 0 aliphatic rings. The quantitative estimate of drug-likeness (QED) is 0.459. The van der Waals surface area contributed by atoms with Gasteiger partial charge in [0.05, 0.1) is 0 Å². The molecular formula is C7H13Br. The molecule has 0 aliphatic carbocycles. The topological polar surface area (TPSA) is 0 Å². The van der Waals surface area contributed by atoms with E-state index in [0.717, 1.165) is 5.33 Å². The third-order valence-corrected chi connectivity index (χ3v) is 1.88. The van der Waals surface area contributed by atoms with Gasteiger partial charge >= 0.3 is 0 Å². The standard InChI is InChI=1S/C7H13Br/c1-3-4-5-7(2)6-8/h5H,3-4,6H2,1-2H3/b7-5-. The molecule has 0 N–H and O–H groups in total. The van der Waals surface area contributed by atoms with Crippen molar-refractivity contribution >= 4 is 15.9 Å². The Morgan fingerprint density at radius 2 is 2.25 bits per heavy atom. The van der Waals surface area contributed by atoms with E-state index in [0.29, 0.717) is 0 Å². The number of hydrogen-bond acceptors (Lipinski definition) is 0. The Labute approximate surface area is 60.1 Å². The Kier molecular flexibility index (Phi) is 5.51. The van der Waals surface area contributed by atoms with E-state index in [1.54, 1.807) is 0 Å². The first-order valence-electron chi connectivity index (χ1n) is 3.02. The SMILES string of the molecule is CCC/C=C(/C)CBr. The lowest BCUT2D eigenvalue weighted by atomic mass is 10.2. The van der Waals surface area contributed by atoms with Crippen molar-refractivity contribution in [3.8, 4) is 0 Å². The molecule has 0 saturated heterocycles. The van der Waals surface area contributed by atoms with Crippen LogP contribution < -0.4 is 0 Å². The van der Waals surface area contributed by atoms with Gasteiger partial charge in [-0.1, -0.05) is 40.9 Å². The zero-order valence-electron chi connectivity index (χ0n) is 5.58. The molecule has 0 fully saturated rings. The summed E-state index contributed by atoms with van der Waals surface area (Å²) in [4.78, 5) is 0. The number of halogens is 1. The molecular weight excluding hydrogens is 164 g/mol. The van der Waals surface area contributed by atoms with Gasteiger partial charge in [0.25, 0.3) is 0 Å². The molecule has 0 radical (unpaired) electrons. The molecule has 0 amide bonds. The molecule has 0 rings (SSSR count). The zero-order valence-corrected chi connectivity index (χ0v) is 7.16. The van der Waals surface area contributed by atoms with Crippen LogP contribution in [0.4, 0.5) is 0 Å². The van der Waals surface area contributed by atoms with Crippen LogP contribution in [0.1, 0.15) is 26.7 Å². The van der Waals surface area contributed by atoms with E-state index in [4.69, 9.17) is 0 Å². The molecule has 0 bridgehead atoms. The van der Waals surface area contributed by atoms with Crippen LogP contribution in [0.25, 0.3) is 0 Å². The third-order valence-electron chi connectivity index (χ3n) is 0.992. The summed E-state index contributed by atoms with van der Waals surface area (Å²) in [5.74, 6) is 0. The Bertz CT molecular complexity index is 74.5. The minimum atomic E-state index is 1.02. The zero-order chi connectivity index (χ0) is 6.41. The smallest absolute Gasteiger partial charge is 0.0239 e. The van der Waals surface area contributed by atoms with E-state index in [1.165, 1.54) is 18.4 Å². The summed E-state index contributed by atoms with van der Waals surface area (Å²) in [6.07, 6.45) is 4.75. The van der Waals surface area contributed by atoms with Gasteiger partial charge in [0, 0.05) is 5.33 Å². The van der Waals surface area contributed by atoms with Crippen molar-refractivity contribution in [3.05, 3.63) is 11.6 Å². The minimum Gasteiger partial charge on any atom is -0.0880 e. The number of allylic oxidation sites excluding steroid dienone is 2. The van der Waals surface area contributed by atoms with Crippen molar-refractivity contribution in [2.75, 3.05) is 5.33 Å². The summed E-state index contributed by atoms with van der Waals surface area (Å²) in [5, 5.41) is 1.02. The number of hydrogen-bond donors (Lipinski definition) is 0. The molecule has 0 aromatic heterocycles. The van der Waals surface area contributed by atoms with Gasteiger partial charge in [0.2, 0.25) is 0 Å². The number of rotatable bonds is 3. The fourth-order valence-electron chi connectivity index (χ4n) is 0.445. The summed E-state index contributed by atoms with van der Waals surface area (Å²) in [5.41, 5.74) is 1.44. The monoisotopic (exact) mass is 176 g/mol. The van der Waals surface area contributed by atoms with Crippen LogP contribution >= 0.6 is 15.9 Å². The molecule has 0 unspecified atom stereocenters. The second kappa shape index (κ2) is 5.36. The number of unbranched alkanes of at least 4 members (excludes halogenated alkanes) is 1. The van der Waals surface area contributed by atoms with E-state index in [-0.39, 0.29) is 0 Å². The lowest BCUT2D eigenvalue weighted by Gasteiger charge is -1.90. The fourth-order valence-corrected chi connectivity index (χ4v) is 0.674. The van der Waals surface area contributed by atoms with Crippen LogP contribution in [0.2, 0.25) is 0 Å². The van der Waals surface area contributed by atoms with Gasteiger partial charge in [0.1, 0.15) is 0 Å². The normalized spacial score (nSPS) is 12.1. The molecule has 8 heavy (non-hydrogen) atoms. The van der Waals surface area contributed by atoms with Gasteiger partial charge in [-0.05, 0) is 13.3 Å². The van der Waals surface area contributed by atoms with Crippen molar-refractivity contribution in [2.45, 2.75) is 26.7 Å². The largest absolute Gasteiger partial charge is 0.0880 e. The predicted molar refractivity (Wildman–Crippen MR) is 42.5 cm³/mol. The first-order valence-corrected chi connectivity index (χ1v) is 4.15. The average molecular weight is 177 g/mol. The van der Waals surface area contributed by atoms with Crippen molar-refractivity contribution in [1.82, 2.24) is 0 Å². The van der Waals surface area contributed by atoms with Crippen LogP contribution in [0.5, 0.6) is 0 Å². The van der Waals surface area contributed by atoms with E-state index in [9.17, 15) is 0 Å². The van der Waals surface area contributed by atoms with Crippen LogP contribution in [0.3, 0.4) is 0 Å². The van der Waals surface area contributed by atoms with E-state index >= 15 is 0 Å². The predicted octanol–water partition coefficient (Wildman–Crippen LogP) is 3.13. The highest BCUT2D eigenvalue weighted by atomic mass is 79.9. The molecule has 48 valence electrons. The molecule has 0 aromatic carbocycles. The Balaban J connectivity index is 3.26. The van der Waals surface area contributed by atoms with Crippen molar-refractivity contribution < 1.29 is 0 Å². The lowest BCUT2D eigenvalue weighted by molar-refractivity contribution is 0.949. The summed E-state index contributed by atoms with van der Waals surface area (Å²) >= 11 is 3.38. The first kappa shape index (κ1) is 8.22. The fraction of sp³-hybridized carbons (Fsp3) is 0.714. The summed E-state index contributed by atoms with van der Waals surface area (Å²) in [6, 6.07) is 0. The number of alkyl halides is 1. The third kappa shape index (κ3) is 4.38. The molecule has 0 aromatic rings. The van der Waals surface area contributed by atoms with E-state index in [2.05, 4.69) is 35.9 Å². The summed E-state index contributed by atoms with van der Waals surface area (Å²) < 4.78 is 0. The van der Waals surface area contributed by atoms with Gasteiger partial charge in [-0.3, -0.25) is 0 Å². The van der Waals surface area contributed by atoms with Gasteiger partial charge in [-0.25, -0.2) is 0 Å². The first-order chi connectivity index (χ1) is 3.81. The van der Waals surface area contributed by atoms with Gasteiger partial charge < -0.3 is 0 Å². The molecule has 0 nitrogen and oxygen atoms in total. The van der Waals surface area contributed by atoms with Crippen molar-refractivity contribution in [1.29, 1.82) is 0 Å². The Hall–Kier alpha value is 0.220. The second-order valence-electron chi connectivity index (χ2n) is 1.97. The molecule has 0 aliphatic heterocycles. The van der Waals surface area contributed by atoms with Crippen molar-refractivity contribution in [2.24, 2.45) is 0 Å². The molecule has 0 spiro atoms. The minimum absolute atomic E-state index is 1.02. The molecule has 0 heterocycles. The van der Waals surface area contributed by atoms with Gasteiger partial charge in [0.15, 0.2) is 0 Å². The maximum absolute atomic E-state index is 3.38. The molecule has 0 atom stereocenters. The summed E-state index contributed by atoms with van der Waals surface area (Å²) in [6.45, 7) is 4.34. The van der Waals surface area contributed by atoms with Crippen molar-refractivity contribution in [3.63, 3.8) is 0 Å². The lowest BCUT2D eigenvalue weighted by Crippen LogP contribution is -1.74. The highest BCUT2D eigenvalue weighted by Gasteiger charge is 1.80. The van der Waals surface area contributed by atoms with Crippen LogP contribution in [0.15, 0.2) is 11.6 Å². The Morgan fingerprint density at radius 3 is 2.62 bits per heavy atom. The maximum Gasteiger partial charge on any atom is 0.0239 e. The molecule has 0 saturated carbocycles. The van der Waals surface area contributed by atoms with Gasteiger partial charge in [-0.15, -0.1) is 0 Å². The van der Waals surface area contributed by atoms with Crippen LogP contribution in [-0.2, 0) is 0 Å². The van der Waals surface area contributed by atoms with Crippen LogP contribution in [-0.4, -0.2) is 5.33 Å². The van der Waals surface area contributed by atoms with E-state index < -0.39 is 0 Å².